The molecule has 6 heteroatoms. The molecule has 0 heterocycles. The standard InChI is InChI=1S/C13H13F3N2O/c1-2-7-18(8-6-17)12(19)10-4-3-5-11(9-10)13(14,15)16/h3-5,9H,2,7-8H2,1H3. The van der Waals surface area contributed by atoms with Crippen LogP contribution in [0.3, 0.4) is 0 Å². The second-order valence-corrected chi connectivity index (χ2v) is 3.96. The van der Waals surface area contributed by atoms with Gasteiger partial charge in [-0.15, -0.1) is 0 Å². The van der Waals surface area contributed by atoms with Gasteiger partial charge in [-0.2, -0.15) is 18.4 Å². The molecule has 1 rings (SSSR count). The Balaban J connectivity index is 3.02. The molecule has 0 aromatic heterocycles. The van der Waals surface area contributed by atoms with Crippen LogP contribution in [0.1, 0.15) is 29.3 Å². The van der Waals surface area contributed by atoms with E-state index in [4.69, 9.17) is 5.26 Å². The SMILES string of the molecule is CCCN(CC#N)C(=O)c1cccc(C(F)(F)F)c1. The molecule has 0 aliphatic heterocycles. The number of carbonyl (C=O) groups is 1. The van der Waals surface area contributed by atoms with Crippen molar-refractivity contribution in [3.8, 4) is 6.07 Å². The second kappa shape index (κ2) is 6.23. The summed E-state index contributed by atoms with van der Waals surface area (Å²) in [4.78, 5) is 13.2. The fourth-order valence-corrected chi connectivity index (χ4v) is 1.62. The molecule has 0 aliphatic rings. The molecule has 0 saturated heterocycles. The average molecular weight is 270 g/mol. The van der Waals surface area contributed by atoms with E-state index in [-0.39, 0.29) is 12.1 Å². The van der Waals surface area contributed by atoms with Gasteiger partial charge in [0.15, 0.2) is 0 Å². The molecule has 0 radical (unpaired) electrons. The number of halogens is 3. The van der Waals surface area contributed by atoms with Crippen LogP contribution in [0.4, 0.5) is 13.2 Å². The fourth-order valence-electron chi connectivity index (χ4n) is 1.62. The van der Waals surface area contributed by atoms with E-state index in [2.05, 4.69) is 0 Å². The third-order valence-corrected chi connectivity index (χ3v) is 2.48. The van der Waals surface area contributed by atoms with Crippen LogP contribution in [0.15, 0.2) is 24.3 Å². The summed E-state index contributed by atoms with van der Waals surface area (Å²) in [5.41, 5.74) is -0.926. The highest BCUT2D eigenvalue weighted by atomic mass is 19.4. The molecule has 0 bridgehead atoms. The van der Waals surface area contributed by atoms with E-state index in [0.717, 1.165) is 12.1 Å². The Hall–Kier alpha value is -2.03. The predicted octanol–water partition coefficient (Wildman–Crippen LogP) is 3.08. The van der Waals surface area contributed by atoms with Crippen molar-refractivity contribution in [2.24, 2.45) is 0 Å². The zero-order chi connectivity index (χ0) is 14.5. The largest absolute Gasteiger partial charge is 0.416 e. The van der Waals surface area contributed by atoms with E-state index in [1.165, 1.54) is 17.0 Å². The van der Waals surface area contributed by atoms with Gasteiger partial charge < -0.3 is 4.90 Å². The van der Waals surface area contributed by atoms with Crippen LogP contribution >= 0.6 is 0 Å². The van der Waals surface area contributed by atoms with Gasteiger partial charge in [-0.1, -0.05) is 13.0 Å². The molecule has 1 amide bonds. The third kappa shape index (κ3) is 3.98. The number of hydrogen-bond acceptors (Lipinski definition) is 2. The Morgan fingerprint density at radius 3 is 2.63 bits per heavy atom. The molecule has 0 fully saturated rings. The van der Waals surface area contributed by atoms with Crippen LogP contribution in [-0.4, -0.2) is 23.9 Å². The summed E-state index contributed by atoms with van der Waals surface area (Å²) >= 11 is 0. The quantitative estimate of drug-likeness (QED) is 0.789. The summed E-state index contributed by atoms with van der Waals surface area (Å²) in [6.45, 7) is 2.02. The number of carbonyl (C=O) groups excluding carboxylic acids is 1. The molecule has 0 N–H and O–H groups in total. The first kappa shape index (κ1) is 15.0. The molecular weight excluding hydrogens is 257 g/mol. The molecule has 0 atom stereocenters. The summed E-state index contributed by atoms with van der Waals surface area (Å²) in [5, 5.41) is 8.62. The van der Waals surface area contributed by atoms with Gasteiger partial charge in [0.2, 0.25) is 0 Å². The van der Waals surface area contributed by atoms with Crippen molar-refractivity contribution >= 4 is 5.91 Å². The lowest BCUT2D eigenvalue weighted by atomic mass is 10.1. The summed E-state index contributed by atoms with van der Waals surface area (Å²) in [6.07, 6.45) is -3.85. The maximum atomic E-state index is 12.6. The van der Waals surface area contributed by atoms with E-state index < -0.39 is 17.6 Å². The van der Waals surface area contributed by atoms with Crippen LogP contribution in [-0.2, 0) is 6.18 Å². The van der Waals surface area contributed by atoms with Gasteiger partial charge in [-0.25, -0.2) is 0 Å². The number of rotatable bonds is 4. The molecule has 3 nitrogen and oxygen atoms in total. The molecular formula is C13H13F3N2O. The molecule has 19 heavy (non-hydrogen) atoms. The summed E-state index contributed by atoms with van der Waals surface area (Å²) in [6, 6.07) is 6.05. The highest BCUT2D eigenvalue weighted by molar-refractivity contribution is 5.94. The average Bonchev–Trinajstić information content (AvgIpc) is 2.37. The number of alkyl halides is 3. The maximum absolute atomic E-state index is 12.6. The maximum Gasteiger partial charge on any atom is 0.416 e. The lowest BCUT2D eigenvalue weighted by molar-refractivity contribution is -0.137. The van der Waals surface area contributed by atoms with Gasteiger partial charge >= 0.3 is 6.18 Å². The monoisotopic (exact) mass is 270 g/mol. The molecule has 0 saturated carbocycles. The Morgan fingerprint density at radius 1 is 1.42 bits per heavy atom. The van der Waals surface area contributed by atoms with Crippen molar-refractivity contribution in [2.75, 3.05) is 13.1 Å². The first-order chi connectivity index (χ1) is 8.90. The summed E-state index contributed by atoms with van der Waals surface area (Å²) in [5.74, 6) is -0.561. The number of nitriles is 1. The fraction of sp³-hybridized carbons (Fsp3) is 0.385. The number of nitrogens with zero attached hydrogens (tertiary/aromatic N) is 2. The Bertz CT molecular complexity index is 491. The van der Waals surface area contributed by atoms with Crippen molar-refractivity contribution in [3.05, 3.63) is 35.4 Å². The van der Waals surface area contributed by atoms with Crippen molar-refractivity contribution in [1.82, 2.24) is 4.90 Å². The smallest absolute Gasteiger partial charge is 0.325 e. The zero-order valence-corrected chi connectivity index (χ0v) is 10.4. The number of benzene rings is 1. The minimum absolute atomic E-state index is 0.0569. The Kier molecular flexibility index (Phi) is 4.93. The topological polar surface area (TPSA) is 44.1 Å². The lowest BCUT2D eigenvalue weighted by Gasteiger charge is -2.19. The van der Waals surface area contributed by atoms with Gasteiger partial charge in [-0.05, 0) is 24.6 Å². The molecule has 102 valence electrons. The summed E-state index contributed by atoms with van der Waals surface area (Å²) < 4.78 is 37.7. The van der Waals surface area contributed by atoms with Crippen LogP contribution in [0.2, 0.25) is 0 Å². The second-order valence-electron chi connectivity index (χ2n) is 3.96. The van der Waals surface area contributed by atoms with Gasteiger partial charge in [-0.3, -0.25) is 4.79 Å². The molecule has 1 aromatic carbocycles. The van der Waals surface area contributed by atoms with E-state index in [0.29, 0.717) is 13.0 Å². The number of hydrogen-bond donors (Lipinski definition) is 0. The van der Waals surface area contributed by atoms with Crippen molar-refractivity contribution in [1.29, 1.82) is 5.26 Å². The first-order valence-electron chi connectivity index (χ1n) is 5.73. The van der Waals surface area contributed by atoms with Gasteiger partial charge in [0.25, 0.3) is 5.91 Å². The third-order valence-electron chi connectivity index (χ3n) is 2.48. The Labute approximate surface area is 109 Å². The van der Waals surface area contributed by atoms with Crippen LogP contribution in [0.25, 0.3) is 0 Å². The highest BCUT2D eigenvalue weighted by Crippen LogP contribution is 2.29. The van der Waals surface area contributed by atoms with Crippen LogP contribution in [0, 0.1) is 11.3 Å². The highest BCUT2D eigenvalue weighted by Gasteiger charge is 2.31. The normalized spacial score (nSPS) is 10.9. The van der Waals surface area contributed by atoms with Crippen molar-refractivity contribution in [3.63, 3.8) is 0 Å². The molecule has 0 spiro atoms. The van der Waals surface area contributed by atoms with Crippen molar-refractivity contribution < 1.29 is 18.0 Å². The number of amides is 1. The molecule has 0 aliphatic carbocycles. The summed E-state index contributed by atoms with van der Waals surface area (Å²) in [7, 11) is 0. The zero-order valence-electron chi connectivity index (χ0n) is 10.4. The van der Waals surface area contributed by atoms with Crippen LogP contribution in [0.5, 0.6) is 0 Å². The van der Waals surface area contributed by atoms with Crippen LogP contribution < -0.4 is 0 Å². The van der Waals surface area contributed by atoms with Gasteiger partial charge in [0, 0.05) is 12.1 Å². The van der Waals surface area contributed by atoms with Gasteiger partial charge in [0.1, 0.15) is 6.54 Å². The predicted molar refractivity (Wildman–Crippen MR) is 63.3 cm³/mol. The van der Waals surface area contributed by atoms with E-state index in [1.807, 2.05) is 13.0 Å². The Morgan fingerprint density at radius 2 is 2.11 bits per heavy atom. The van der Waals surface area contributed by atoms with E-state index in [1.54, 1.807) is 0 Å². The van der Waals surface area contributed by atoms with Gasteiger partial charge in [0.05, 0.1) is 11.6 Å². The van der Waals surface area contributed by atoms with E-state index in [9.17, 15) is 18.0 Å². The molecule has 0 unspecified atom stereocenters. The lowest BCUT2D eigenvalue weighted by Crippen LogP contribution is -2.32. The first-order valence-corrected chi connectivity index (χ1v) is 5.73. The van der Waals surface area contributed by atoms with E-state index >= 15 is 0 Å². The van der Waals surface area contributed by atoms with Crippen molar-refractivity contribution in [2.45, 2.75) is 19.5 Å². The minimum atomic E-state index is -4.49. The molecule has 1 aromatic rings. The minimum Gasteiger partial charge on any atom is -0.325 e.